The fraction of sp³-hybridized carbons (Fsp3) is 0.357. The molecule has 2 aromatic rings. The van der Waals surface area contributed by atoms with Crippen molar-refractivity contribution in [3.8, 4) is 5.75 Å². The van der Waals surface area contributed by atoms with Crippen molar-refractivity contribution in [1.82, 2.24) is 9.55 Å². The molecular formula is C14H18N2O2. The molecular weight excluding hydrogens is 228 g/mol. The highest BCUT2D eigenvalue weighted by atomic mass is 16.5. The Morgan fingerprint density at radius 3 is 2.83 bits per heavy atom. The average molecular weight is 246 g/mol. The Balaban J connectivity index is 2.16. The van der Waals surface area contributed by atoms with Crippen LogP contribution in [0.25, 0.3) is 0 Å². The maximum Gasteiger partial charge on any atom is 0.130 e. The van der Waals surface area contributed by atoms with Crippen LogP contribution in [0.3, 0.4) is 0 Å². The van der Waals surface area contributed by atoms with Crippen LogP contribution in [0.15, 0.2) is 30.7 Å². The molecule has 18 heavy (non-hydrogen) atoms. The second-order valence-corrected chi connectivity index (χ2v) is 4.50. The monoisotopic (exact) mass is 246 g/mol. The minimum absolute atomic E-state index is 0.444. The Hall–Kier alpha value is -1.81. The van der Waals surface area contributed by atoms with Crippen molar-refractivity contribution >= 4 is 0 Å². The number of nitrogens with zero attached hydrogens (tertiary/aromatic N) is 2. The van der Waals surface area contributed by atoms with Gasteiger partial charge in [0.25, 0.3) is 0 Å². The lowest BCUT2D eigenvalue weighted by molar-refractivity contribution is 0.189. The van der Waals surface area contributed by atoms with Gasteiger partial charge in [-0.25, -0.2) is 4.98 Å². The number of aryl methyl sites for hydroxylation is 2. The number of rotatable bonds is 4. The molecule has 4 nitrogen and oxygen atoms in total. The van der Waals surface area contributed by atoms with Gasteiger partial charge < -0.3 is 14.4 Å². The summed E-state index contributed by atoms with van der Waals surface area (Å²) in [5.74, 6) is 0.719. The molecule has 4 heteroatoms. The Bertz CT molecular complexity index is 532. The first-order valence-corrected chi connectivity index (χ1v) is 5.94. The summed E-state index contributed by atoms with van der Waals surface area (Å²) in [5, 5.41) is 9.74. The lowest BCUT2D eigenvalue weighted by Gasteiger charge is -2.14. The summed E-state index contributed by atoms with van der Waals surface area (Å²) in [6.45, 7) is 4.18. The molecule has 0 bridgehead atoms. The van der Waals surface area contributed by atoms with Gasteiger partial charge in [-0.05, 0) is 26.0 Å². The zero-order chi connectivity index (χ0) is 13.1. The molecule has 0 aliphatic heterocycles. The standard InChI is InChI=1S/C14H18N2O2/c1-10-4-5-14(13(6-10)11(2)17)18-8-12-7-15-9-16(12)3/h4-7,9,11,17H,8H2,1-3H3/t11-/m1/s1. The second-order valence-electron chi connectivity index (χ2n) is 4.50. The van der Waals surface area contributed by atoms with Gasteiger partial charge in [0.1, 0.15) is 12.4 Å². The Kier molecular flexibility index (Phi) is 3.67. The maximum absolute atomic E-state index is 9.74. The summed E-state index contributed by atoms with van der Waals surface area (Å²) < 4.78 is 7.67. The Morgan fingerprint density at radius 2 is 2.22 bits per heavy atom. The third-order valence-corrected chi connectivity index (χ3v) is 2.91. The third kappa shape index (κ3) is 2.71. The van der Waals surface area contributed by atoms with Gasteiger partial charge in [-0.2, -0.15) is 0 Å². The number of ether oxygens (including phenoxy) is 1. The van der Waals surface area contributed by atoms with Crippen LogP contribution in [0.1, 0.15) is 29.8 Å². The molecule has 0 unspecified atom stereocenters. The largest absolute Gasteiger partial charge is 0.487 e. The van der Waals surface area contributed by atoms with E-state index in [1.165, 1.54) is 0 Å². The fourth-order valence-corrected chi connectivity index (χ4v) is 1.80. The highest BCUT2D eigenvalue weighted by molar-refractivity contribution is 5.38. The predicted molar refractivity (Wildman–Crippen MR) is 69.4 cm³/mol. The number of aliphatic hydroxyl groups is 1. The smallest absolute Gasteiger partial charge is 0.130 e. The van der Waals surface area contributed by atoms with E-state index >= 15 is 0 Å². The van der Waals surface area contributed by atoms with E-state index in [2.05, 4.69) is 4.98 Å². The maximum atomic E-state index is 9.74. The number of aromatic nitrogens is 2. The molecule has 1 aromatic carbocycles. The van der Waals surface area contributed by atoms with Gasteiger partial charge in [-0.1, -0.05) is 11.6 Å². The van der Waals surface area contributed by atoms with Crippen molar-refractivity contribution in [2.45, 2.75) is 26.6 Å². The predicted octanol–water partition coefficient (Wildman–Crippen LogP) is 2.36. The van der Waals surface area contributed by atoms with Crippen LogP contribution in [-0.4, -0.2) is 14.7 Å². The van der Waals surface area contributed by atoms with Crippen LogP contribution >= 0.6 is 0 Å². The first kappa shape index (κ1) is 12.6. The zero-order valence-corrected chi connectivity index (χ0v) is 10.9. The molecule has 0 radical (unpaired) electrons. The highest BCUT2D eigenvalue weighted by Crippen LogP contribution is 2.26. The summed E-state index contributed by atoms with van der Waals surface area (Å²) in [6, 6.07) is 5.82. The van der Waals surface area contributed by atoms with Gasteiger partial charge in [0.05, 0.1) is 24.3 Å². The summed E-state index contributed by atoms with van der Waals surface area (Å²) in [6.07, 6.45) is 2.98. The second kappa shape index (κ2) is 5.23. The van der Waals surface area contributed by atoms with E-state index in [1.54, 1.807) is 19.4 Å². The van der Waals surface area contributed by atoms with E-state index in [0.29, 0.717) is 6.61 Å². The molecule has 1 N–H and O–H groups in total. The van der Waals surface area contributed by atoms with Gasteiger partial charge in [-0.3, -0.25) is 0 Å². The van der Waals surface area contributed by atoms with Crippen molar-refractivity contribution in [1.29, 1.82) is 0 Å². The molecule has 96 valence electrons. The van der Waals surface area contributed by atoms with Crippen molar-refractivity contribution < 1.29 is 9.84 Å². The van der Waals surface area contributed by atoms with Crippen molar-refractivity contribution in [2.75, 3.05) is 0 Å². The molecule has 0 aliphatic rings. The van der Waals surface area contributed by atoms with E-state index in [-0.39, 0.29) is 0 Å². The number of hydrogen-bond donors (Lipinski definition) is 1. The van der Waals surface area contributed by atoms with E-state index in [9.17, 15) is 5.11 Å². The van der Waals surface area contributed by atoms with Crippen LogP contribution in [0, 0.1) is 6.92 Å². The van der Waals surface area contributed by atoms with E-state index in [0.717, 1.165) is 22.6 Å². The molecule has 0 saturated heterocycles. The van der Waals surface area contributed by atoms with Gasteiger partial charge in [0.15, 0.2) is 0 Å². The van der Waals surface area contributed by atoms with Crippen molar-refractivity contribution in [3.63, 3.8) is 0 Å². The van der Waals surface area contributed by atoms with E-state index in [1.807, 2.05) is 36.7 Å². The molecule has 0 aliphatic carbocycles. The van der Waals surface area contributed by atoms with Gasteiger partial charge in [-0.15, -0.1) is 0 Å². The van der Waals surface area contributed by atoms with Crippen LogP contribution in [0.5, 0.6) is 5.75 Å². The van der Waals surface area contributed by atoms with Crippen LogP contribution in [-0.2, 0) is 13.7 Å². The molecule has 2 rings (SSSR count). The first-order chi connectivity index (χ1) is 8.58. The summed E-state index contributed by atoms with van der Waals surface area (Å²) >= 11 is 0. The lowest BCUT2D eigenvalue weighted by atomic mass is 10.1. The topological polar surface area (TPSA) is 47.3 Å². The van der Waals surface area contributed by atoms with E-state index < -0.39 is 6.10 Å². The Labute approximate surface area is 107 Å². The van der Waals surface area contributed by atoms with Crippen molar-refractivity contribution in [3.05, 3.63) is 47.5 Å². The van der Waals surface area contributed by atoms with Crippen LogP contribution in [0.2, 0.25) is 0 Å². The normalized spacial score (nSPS) is 12.4. The molecule has 0 spiro atoms. The van der Waals surface area contributed by atoms with Crippen LogP contribution < -0.4 is 4.74 Å². The Morgan fingerprint density at radius 1 is 1.44 bits per heavy atom. The van der Waals surface area contributed by atoms with E-state index in [4.69, 9.17) is 4.74 Å². The summed E-state index contributed by atoms with van der Waals surface area (Å²) in [4.78, 5) is 4.04. The SMILES string of the molecule is Cc1ccc(OCc2cncn2C)c([C@@H](C)O)c1. The highest BCUT2D eigenvalue weighted by Gasteiger charge is 2.10. The quantitative estimate of drug-likeness (QED) is 0.900. The molecule has 1 heterocycles. The minimum Gasteiger partial charge on any atom is -0.487 e. The first-order valence-electron chi connectivity index (χ1n) is 5.94. The van der Waals surface area contributed by atoms with Crippen molar-refractivity contribution in [2.24, 2.45) is 7.05 Å². The lowest BCUT2D eigenvalue weighted by Crippen LogP contribution is -2.04. The number of hydrogen-bond acceptors (Lipinski definition) is 3. The molecule has 1 aromatic heterocycles. The molecule has 0 fully saturated rings. The molecule has 0 amide bonds. The minimum atomic E-state index is -0.536. The average Bonchev–Trinajstić information content (AvgIpc) is 2.73. The zero-order valence-electron chi connectivity index (χ0n) is 10.9. The number of imidazole rings is 1. The molecule has 1 atom stereocenters. The van der Waals surface area contributed by atoms with Crippen LogP contribution in [0.4, 0.5) is 0 Å². The van der Waals surface area contributed by atoms with Gasteiger partial charge >= 0.3 is 0 Å². The third-order valence-electron chi connectivity index (χ3n) is 2.91. The van der Waals surface area contributed by atoms with Gasteiger partial charge in [0.2, 0.25) is 0 Å². The number of aliphatic hydroxyl groups excluding tert-OH is 1. The molecule has 0 saturated carbocycles. The van der Waals surface area contributed by atoms with Gasteiger partial charge in [0, 0.05) is 12.6 Å². The number of benzene rings is 1. The summed E-state index contributed by atoms with van der Waals surface area (Å²) in [7, 11) is 1.93. The summed E-state index contributed by atoms with van der Waals surface area (Å²) in [5.41, 5.74) is 2.92. The fourth-order valence-electron chi connectivity index (χ4n) is 1.80.